The summed E-state index contributed by atoms with van der Waals surface area (Å²) >= 11 is 0. The van der Waals surface area contributed by atoms with Gasteiger partial charge in [-0.1, -0.05) is 30.3 Å². The smallest absolute Gasteiger partial charge is 0.234 e. The molecule has 25 heavy (non-hydrogen) atoms. The van der Waals surface area contributed by atoms with Crippen molar-refractivity contribution in [2.24, 2.45) is 5.73 Å². The van der Waals surface area contributed by atoms with Gasteiger partial charge in [0.1, 0.15) is 0 Å². The SMILES string of the molecule is Cc1cc(C)n2c(CN(CCN)CCc3ccccc3)cnc2n1.Cl. The maximum absolute atomic E-state index is 5.81. The zero-order chi connectivity index (χ0) is 16.9. The van der Waals surface area contributed by atoms with E-state index in [1.807, 2.05) is 13.1 Å². The van der Waals surface area contributed by atoms with Crippen molar-refractivity contribution in [2.45, 2.75) is 26.8 Å². The molecule has 0 atom stereocenters. The van der Waals surface area contributed by atoms with E-state index >= 15 is 0 Å². The third kappa shape index (κ3) is 4.78. The molecule has 0 aliphatic carbocycles. The number of rotatable bonds is 7. The minimum absolute atomic E-state index is 0. The molecule has 0 bridgehead atoms. The zero-order valence-electron chi connectivity index (χ0n) is 14.9. The molecule has 2 N–H and O–H groups in total. The minimum Gasteiger partial charge on any atom is -0.329 e. The fraction of sp³-hybridized carbons (Fsp3) is 0.368. The van der Waals surface area contributed by atoms with Crippen LogP contribution in [-0.4, -0.2) is 38.9 Å². The molecule has 6 heteroatoms. The lowest BCUT2D eigenvalue weighted by molar-refractivity contribution is 0.272. The Kier molecular flexibility index (Phi) is 6.93. The maximum Gasteiger partial charge on any atom is 0.234 e. The van der Waals surface area contributed by atoms with E-state index in [2.05, 4.69) is 62.6 Å². The third-order valence-electron chi connectivity index (χ3n) is 4.25. The third-order valence-corrected chi connectivity index (χ3v) is 4.25. The molecule has 1 aromatic carbocycles. The Morgan fingerprint density at radius 3 is 2.60 bits per heavy atom. The van der Waals surface area contributed by atoms with E-state index in [4.69, 9.17) is 5.73 Å². The topological polar surface area (TPSA) is 59.5 Å². The molecule has 0 saturated carbocycles. The summed E-state index contributed by atoms with van der Waals surface area (Å²) in [5.74, 6) is 0.776. The van der Waals surface area contributed by atoms with Crippen LogP contribution in [0.25, 0.3) is 5.78 Å². The number of nitrogens with zero attached hydrogens (tertiary/aromatic N) is 4. The monoisotopic (exact) mass is 359 g/mol. The Morgan fingerprint density at radius 2 is 1.88 bits per heavy atom. The Morgan fingerprint density at radius 1 is 1.12 bits per heavy atom. The molecule has 0 aliphatic rings. The molecule has 2 aromatic heterocycles. The molecule has 0 radical (unpaired) electrons. The molecule has 134 valence electrons. The summed E-state index contributed by atoms with van der Waals surface area (Å²) in [4.78, 5) is 11.4. The molecule has 0 saturated heterocycles. The van der Waals surface area contributed by atoms with Crippen LogP contribution in [0.1, 0.15) is 22.6 Å². The van der Waals surface area contributed by atoms with Crippen LogP contribution in [0.4, 0.5) is 0 Å². The molecule has 3 aromatic rings. The highest BCUT2D eigenvalue weighted by molar-refractivity contribution is 5.85. The van der Waals surface area contributed by atoms with Crippen molar-refractivity contribution < 1.29 is 0 Å². The summed E-state index contributed by atoms with van der Waals surface area (Å²) in [6.07, 6.45) is 2.95. The van der Waals surface area contributed by atoms with Gasteiger partial charge >= 0.3 is 0 Å². The molecule has 0 spiro atoms. The molecule has 5 nitrogen and oxygen atoms in total. The summed E-state index contributed by atoms with van der Waals surface area (Å²) in [7, 11) is 0. The van der Waals surface area contributed by atoms with E-state index in [1.54, 1.807) is 0 Å². The second kappa shape index (κ2) is 8.94. The number of fused-ring (bicyclic) bond motifs is 1. The number of imidazole rings is 1. The molecule has 0 aliphatic heterocycles. The molecule has 2 heterocycles. The van der Waals surface area contributed by atoms with Gasteiger partial charge in [-0.15, -0.1) is 12.4 Å². The number of halogens is 1. The van der Waals surface area contributed by atoms with Gasteiger partial charge in [0.25, 0.3) is 0 Å². The van der Waals surface area contributed by atoms with Gasteiger partial charge in [-0.25, -0.2) is 9.97 Å². The Balaban J connectivity index is 0.00000225. The van der Waals surface area contributed by atoms with Gasteiger partial charge in [0.2, 0.25) is 5.78 Å². The highest BCUT2D eigenvalue weighted by Crippen LogP contribution is 2.13. The van der Waals surface area contributed by atoms with Gasteiger partial charge in [0, 0.05) is 37.6 Å². The van der Waals surface area contributed by atoms with E-state index in [-0.39, 0.29) is 12.4 Å². The van der Waals surface area contributed by atoms with E-state index in [0.717, 1.165) is 43.2 Å². The summed E-state index contributed by atoms with van der Waals surface area (Å²) < 4.78 is 2.14. The second-order valence-electron chi connectivity index (χ2n) is 6.22. The van der Waals surface area contributed by atoms with Crippen LogP contribution in [0.15, 0.2) is 42.6 Å². The lowest BCUT2D eigenvalue weighted by Crippen LogP contribution is -2.31. The van der Waals surface area contributed by atoms with Gasteiger partial charge in [0.05, 0.1) is 11.9 Å². The molecule has 0 amide bonds. The van der Waals surface area contributed by atoms with Crippen molar-refractivity contribution in [3.05, 3.63) is 65.2 Å². The summed E-state index contributed by atoms with van der Waals surface area (Å²) in [5.41, 5.74) is 10.5. The number of hydrogen-bond acceptors (Lipinski definition) is 4. The largest absolute Gasteiger partial charge is 0.329 e. The number of aromatic nitrogens is 3. The average Bonchev–Trinajstić information content (AvgIpc) is 2.96. The fourth-order valence-electron chi connectivity index (χ4n) is 3.12. The van der Waals surface area contributed by atoms with Crippen LogP contribution in [0.3, 0.4) is 0 Å². The molecular weight excluding hydrogens is 334 g/mol. The Bertz CT molecular complexity index is 800. The van der Waals surface area contributed by atoms with Crippen LogP contribution < -0.4 is 5.73 Å². The first-order chi connectivity index (χ1) is 11.7. The molecule has 3 rings (SSSR count). The van der Waals surface area contributed by atoms with E-state index in [9.17, 15) is 0 Å². The lowest BCUT2D eigenvalue weighted by Gasteiger charge is -2.21. The molecule has 0 unspecified atom stereocenters. The first-order valence-electron chi connectivity index (χ1n) is 8.44. The van der Waals surface area contributed by atoms with Gasteiger partial charge in [-0.2, -0.15) is 0 Å². The number of hydrogen-bond donors (Lipinski definition) is 1. The Hall–Kier alpha value is -1.95. The number of aryl methyl sites for hydroxylation is 2. The quantitative estimate of drug-likeness (QED) is 0.704. The summed E-state index contributed by atoms with van der Waals surface area (Å²) in [6.45, 7) is 7.44. The average molecular weight is 360 g/mol. The van der Waals surface area contributed by atoms with Crippen molar-refractivity contribution in [1.82, 2.24) is 19.3 Å². The van der Waals surface area contributed by atoms with Gasteiger partial charge in [-0.3, -0.25) is 9.30 Å². The zero-order valence-corrected chi connectivity index (χ0v) is 15.7. The number of benzene rings is 1. The van der Waals surface area contributed by atoms with Crippen LogP contribution in [-0.2, 0) is 13.0 Å². The Labute approximate surface area is 155 Å². The predicted molar refractivity (Wildman–Crippen MR) is 104 cm³/mol. The van der Waals surface area contributed by atoms with Crippen LogP contribution in [0, 0.1) is 13.8 Å². The normalized spacial score (nSPS) is 11.0. The highest BCUT2D eigenvalue weighted by atomic mass is 35.5. The standard InChI is InChI=1S/C19H25N5.ClH/c1-15-12-16(2)24-18(13-21-19(24)22-15)14-23(11-9-20)10-8-17-6-4-3-5-7-17;/h3-7,12-13H,8-11,14,20H2,1-2H3;1H. The van der Waals surface area contributed by atoms with Crippen molar-refractivity contribution in [3.63, 3.8) is 0 Å². The van der Waals surface area contributed by atoms with E-state index in [1.165, 1.54) is 11.3 Å². The van der Waals surface area contributed by atoms with Gasteiger partial charge in [-0.05, 0) is 31.9 Å². The van der Waals surface area contributed by atoms with Crippen LogP contribution in [0.2, 0.25) is 0 Å². The molecule has 0 fully saturated rings. The number of nitrogens with two attached hydrogens (primary N) is 1. The lowest BCUT2D eigenvalue weighted by atomic mass is 10.1. The van der Waals surface area contributed by atoms with E-state index in [0.29, 0.717) is 6.54 Å². The predicted octanol–water partition coefficient (Wildman–Crippen LogP) is 2.77. The summed E-state index contributed by atoms with van der Waals surface area (Å²) in [5, 5.41) is 0. The first-order valence-corrected chi connectivity index (χ1v) is 8.44. The van der Waals surface area contributed by atoms with Crippen LogP contribution >= 0.6 is 12.4 Å². The fourth-order valence-corrected chi connectivity index (χ4v) is 3.12. The highest BCUT2D eigenvalue weighted by Gasteiger charge is 2.12. The van der Waals surface area contributed by atoms with Gasteiger partial charge < -0.3 is 5.73 Å². The van der Waals surface area contributed by atoms with Crippen molar-refractivity contribution in [2.75, 3.05) is 19.6 Å². The van der Waals surface area contributed by atoms with Crippen LogP contribution in [0.5, 0.6) is 0 Å². The maximum atomic E-state index is 5.81. The van der Waals surface area contributed by atoms with Crippen molar-refractivity contribution >= 4 is 18.2 Å². The van der Waals surface area contributed by atoms with E-state index < -0.39 is 0 Å². The molecular formula is C19H26ClN5. The first kappa shape index (κ1) is 19.4. The second-order valence-corrected chi connectivity index (χ2v) is 6.22. The van der Waals surface area contributed by atoms with Crippen molar-refractivity contribution in [3.8, 4) is 0 Å². The summed E-state index contributed by atoms with van der Waals surface area (Å²) in [6, 6.07) is 12.7. The van der Waals surface area contributed by atoms with Crippen molar-refractivity contribution in [1.29, 1.82) is 0 Å². The van der Waals surface area contributed by atoms with Gasteiger partial charge in [0.15, 0.2) is 0 Å². The minimum atomic E-state index is 0.